The molecule has 1 aliphatic rings. The lowest BCUT2D eigenvalue weighted by molar-refractivity contribution is 0.00955. The van der Waals surface area contributed by atoms with Crippen molar-refractivity contribution in [2.45, 2.75) is 44.8 Å². The molecule has 26 heavy (non-hydrogen) atoms. The second kappa shape index (κ2) is 14.2. The summed E-state index contributed by atoms with van der Waals surface area (Å²) in [6.45, 7) is 8.12. The fourth-order valence-electron chi connectivity index (χ4n) is 3.11. The van der Waals surface area contributed by atoms with Gasteiger partial charge in [-0.05, 0) is 46.7 Å². The predicted octanol–water partition coefficient (Wildman–Crippen LogP) is 1.44. The quantitative estimate of drug-likeness (QED) is 0.318. The zero-order valence-corrected chi connectivity index (χ0v) is 17.5. The molecule has 1 heterocycles. The number of rotatable bonds is 12. The zero-order chi connectivity index (χ0) is 19.2. The molecule has 1 atom stereocenters. The summed E-state index contributed by atoms with van der Waals surface area (Å²) in [5.41, 5.74) is 0. The van der Waals surface area contributed by atoms with Gasteiger partial charge in [-0.2, -0.15) is 0 Å². The van der Waals surface area contributed by atoms with Crippen LogP contribution < -0.4 is 5.32 Å². The molecule has 154 valence electrons. The van der Waals surface area contributed by atoms with Crippen molar-refractivity contribution in [3.8, 4) is 0 Å². The number of ether oxygens (including phenoxy) is 3. The van der Waals surface area contributed by atoms with Crippen LogP contribution in [0.4, 0.5) is 0 Å². The van der Waals surface area contributed by atoms with E-state index in [1.165, 1.54) is 0 Å². The van der Waals surface area contributed by atoms with Crippen LogP contribution in [0.25, 0.3) is 0 Å². The molecular weight excluding hydrogens is 332 g/mol. The third-order valence-electron chi connectivity index (χ3n) is 4.59. The number of guanidine groups is 1. The first kappa shape index (κ1) is 23.1. The molecule has 0 aromatic carbocycles. The molecule has 1 rings (SSSR count). The molecule has 1 saturated heterocycles. The van der Waals surface area contributed by atoms with Gasteiger partial charge in [0.2, 0.25) is 0 Å². The summed E-state index contributed by atoms with van der Waals surface area (Å²) in [4.78, 5) is 8.97. The number of aliphatic imine (C=N–C) groups is 1. The van der Waals surface area contributed by atoms with E-state index in [1.807, 2.05) is 7.05 Å². The van der Waals surface area contributed by atoms with Crippen molar-refractivity contribution in [3.05, 3.63) is 0 Å². The maximum Gasteiger partial charge on any atom is 0.193 e. The van der Waals surface area contributed by atoms with E-state index in [2.05, 4.69) is 41.1 Å². The number of likely N-dealkylation sites (tertiary alicyclic amines) is 1. The van der Waals surface area contributed by atoms with Gasteiger partial charge in [-0.25, -0.2) is 0 Å². The maximum atomic E-state index is 5.94. The lowest BCUT2D eigenvalue weighted by Gasteiger charge is -2.34. The number of hydrogen-bond donors (Lipinski definition) is 1. The highest BCUT2D eigenvalue weighted by atomic mass is 16.5. The molecule has 1 fully saturated rings. The minimum absolute atomic E-state index is 0.209. The Balaban J connectivity index is 2.33. The molecule has 1 aliphatic heterocycles. The highest BCUT2D eigenvalue weighted by Gasteiger charge is 2.22. The number of hydrogen-bond acceptors (Lipinski definition) is 5. The van der Waals surface area contributed by atoms with Crippen molar-refractivity contribution < 1.29 is 14.2 Å². The summed E-state index contributed by atoms with van der Waals surface area (Å²) < 4.78 is 16.9. The van der Waals surface area contributed by atoms with Gasteiger partial charge in [-0.1, -0.05) is 0 Å². The molecule has 1 N–H and O–H groups in total. The first-order valence-electron chi connectivity index (χ1n) is 9.93. The van der Waals surface area contributed by atoms with Crippen LogP contribution in [0, 0.1) is 0 Å². The van der Waals surface area contributed by atoms with E-state index >= 15 is 0 Å². The summed E-state index contributed by atoms with van der Waals surface area (Å²) in [6.07, 6.45) is 4.64. The first-order valence-corrected chi connectivity index (χ1v) is 9.93. The van der Waals surface area contributed by atoms with Crippen LogP contribution in [0.15, 0.2) is 4.99 Å². The minimum atomic E-state index is 0.209. The van der Waals surface area contributed by atoms with Crippen LogP contribution in [-0.2, 0) is 14.2 Å². The van der Waals surface area contributed by atoms with Crippen molar-refractivity contribution >= 4 is 5.96 Å². The molecule has 7 heteroatoms. The van der Waals surface area contributed by atoms with Gasteiger partial charge in [-0.15, -0.1) is 0 Å². The Kier molecular flexibility index (Phi) is 12.6. The van der Waals surface area contributed by atoms with Crippen LogP contribution in [-0.4, -0.2) is 102 Å². The summed E-state index contributed by atoms with van der Waals surface area (Å²) in [5, 5.41) is 3.50. The lowest BCUT2D eigenvalue weighted by Crippen LogP contribution is -2.49. The van der Waals surface area contributed by atoms with Gasteiger partial charge >= 0.3 is 0 Å². The smallest absolute Gasteiger partial charge is 0.193 e. The molecule has 1 unspecified atom stereocenters. The SMILES string of the molecule is CCOC(CCN(C)C)CNC(=NC)N1CCC(OCCCOC)CC1. The molecular formula is C19H40N4O3. The van der Waals surface area contributed by atoms with E-state index in [0.29, 0.717) is 6.10 Å². The monoisotopic (exact) mass is 372 g/mol. The van der Waals surface area contributed by atoms with Crippen molar-refractivity contribution in [2.24, 2.45) is 4.99 Å². The average Bonchev–Trinajstić information content (AvgIpc) is 2.64. The summed E-state index contributed by atoms with van der Waals surface area (Å²) >= 11 is 0. The second-order valence-corrected chi connectivity index (χ2v) is 7.00. The Hall–Kier alpha value is -0.890. The van der Waals surface area contributed by atoms with Gasteiger partial charge < -0.3 is 29.3 Å². The first-order chi connectivity index (χ1) is 12.6. The Morgan fingerprint density at radius 3 is 2.58 bits per heavy atom. The van der Waals surface area contributed by atoms with Crippen LogP contribution in [0.1, 0.15) is 32.6 Å². The molecule has 0 aromatic rings. The lowest BCUT2D eigenvalue weighted by atomic mass is 10.1. The van der Waals surface area contributed by atoms with Gasteiger partial charge in [0.15, 0.2) is 5.96 Å². The van der Waals surface area contributed by atoms with Gasteiger partial charge in [0.05, 0.1) is 12.2 Å². The van der Waals surface area contributed by atoms with Crippen LogP contribution in [0.2, 0.25) is 0 Å². The van der Waals surface area contributed by atoms with Gasteiger partial charge in [0.25, 0.3) is 0 Å². The van der Waals surface area contributed by atoms with Crippen molar-refractivity contribution in [2.75, 3.05) is 74.3 Å². The average molecular weight is 373 g/mol. The highest BCUT2D eigenvalue weighted by Crippen LogP contribution is 2.14. The molecule has 0 spiro atoms. The molecule has 0 saturated carbocycles. The highest BCUT2D eigenvalue weighted by molar-refractivity contribution is 5.80. The summed E-state index contributed by atoms with van der Waals surface area (Å²) in [7, 11) is 7.77. The molecule has 7 nitrogen and oxygen atoms in total. The van der Waals surface area contributed by atoms with Gasteiger partial charge in [-0.3, -0.25) is 4.99 Å². The Morgan fingerprint density at radius 1 is 1.27 bits per heavy atom. The van der Waals surface area contributed by atoms with Gasteiger partial charge in [0.1, 0.15) is 0 Å². The topological polar surface area (TPSA) is 58.6 Å². The third-order valence-corrected chi connectivity index (χ3v) is 4.59. The van der Waals surface area contributed by atoms with E-state index in [0.717, 1.165) is 77.6 Å². The van der Waals surface area contributed by atoms with E-state index in [9.17, 15) is 0 Å². The van der Waals surface area contributed by atoms with E-state index in [4.69, 9.17) is 14.2 Å². The standard InChI is InChI=1S/C19H40N4O3/c1-6-25-18(8-11-22(3)4)16-21-19(20-2)23-12-9-17(10-13-23)26-15-7-14-24-5/h17-18H,6-16H2,1-5H3,(H,20,21). The van der Waals surface area contributed by atoms with Gasteiger partial charge in [0, 0.05) is 60.2 Å². The van der Waals surface area contributed by atoms with Crippen LogP contribution in [0.3, 0.4) is 0 Å². The minimum Gasteiger partial charge on any atom is -0.385 e. The van der Waals surface area contributed by atoms with E-state index in [1.54, 1.807) is 7.11 Å². The molecule has 0 amide bonds. The summed E-state index contributed by atoms with van der Waals surface area (Å²) in [6, 6.07) is 0. The molecule has 0 radical (unpaired) electrons. The maximum absolute atomic E-state index is 5.94. The Bertz CT molecular complexity index is 372. The molecule has 0 aromatic heterocycles. The Morgan fingerprint density at radius 2 is 2.00 bits per heavy atom. The molecule has 0 bridgehead atoms. The number of nitrogens with one attached hydrogen (secondary N) is 1. The number of piperidine rings is 1. The number of methoxy groups -OCH3 is 1. The normalized spacial score (nSPS) is 17.8. The summed E-state index contributed by atoms with van der Waals surface area (Å²) in [5.74, 6) is 0.970. The Labute approximate surface area is 160 Å². The van der Waals surface area contributed by atoms with Crippen molar-refractivity contribution in [1.82, 2.24) is 15.1 Å². The third kappa shape index (κ3) is 9.71. The van der Waals surface area contributed by atoms with E-state index < -0.39 is 0 Å². The van der Waals surface area contributed by atoms with Crippen molar-refractivity contribution in [3.63, 3.8) is 0 Å². The fraction of sp³-hybridized carbons (Fsp3) is 0.947. The zero-order valence-electron chi connectivity index (χ0n) is 17.5. The largest absolute Gasteiger partial charge is 0.385 e. The van der Waals surface area contributed by atoms with Crippen molar-refractivity contribution in [1.29, 1.82) is 0 Å². The molecule has 0 aliphatic carbocycles. The predicted molar refractivity (Wildman–Crippen MR) is 107 cm³/mol. The van der Waals surface area contributed by atoms with Crippen LogP contribution in [0.5, 0.6) is 0 Å². The second-order valence-electron chi connectivity index (χ2n) is 7.00. The number of nitrogens with zero attached hydrogens (tertiary/aromatic N) is 3. The van der Waals surface area contributed by atoms with Crippen LogP contribution >= 0.6 is 0 Å². The van der Waals surface area contributed by atoms with E-state index in [-0.39, 0.29) is 6.10 Å². The fourth-order valence-corrected chi connectivity index (χ4v) is 3.11.